The van der Waals surface area contributed by atoms with Crippen LogP contribution in [-0.4, -0.2) is 19.3 Å². The lowest BCUT2D eigenvalue weighted by Gasteiger charge is -2.38. The monoisotopic (exact) mass is 275 g/mol. The molecule has 3 atom stereocenters. The summed E-state index contributed by atoms with van der Waals surface area (Å²) in [6, 6.07) is 10.8. The number of thioether (sulfide) groups is 1. The van der Waals surface area contributed by atoms with E-state index in [0.717, 1.165) is 11.8 Å². The first-order valence-electron chi connectivity index (χ1n) is 7.65. The molecule has 3 rings (SSSR count). The molecule has 0 spiro atoms. The molecule has 0 heterocycles. The van der Waals surface area contributed by atoms with Crippen LogP contribution in [0.1, 0.15) is 32.1 Å². The van der Waals surface area contributed by atoms with Gasteiger partial charge in [0.2, 0.25) is 0 Å². The van der Waals surface area contributed by atoms with Crippen molar-refractivity contribution in [3.05, 3.63) is 30.3 Å². The Kier molecular flexibility index (Phi) is 4.18. The Morgan fingerprint density at radius 1 is 1.26 bits per heavy atom. The van der Waals surface area contributed by atoms with Crippen molar-refractivity contribution in [3.63, 3.8) is 0 Å². The lowest BCUT2D eigenvalue weighted by atomic mass is 9.71. The van der Waals surface area contributed by atoms with E-state index in [-0.39, 0.29) is 0 Å². The van der Waals surface area contributed by atoms with Crippen LogP contribution < -0.4 is 5.32 Å². The summed E-state index contributed by atoms with van der Waals surface area (Å²) in [7, 11) is 2.12. The molecule has 0 aliphatic heterocycles. The van der Waals surface area contributed by atoms with Crippen molar-refractivity contribution in [2.45, 2.75) is 37.0 Å². The van der Waals surface area contributed by atoms with Gasteiger partial charge in [-0.3, -0.25) is 0 Å². The quantitative estimate of drug-likeness (QED) is 0.781. The summed E-state index contributed by atoms with van der Waals surface area (Å²) in [6.07, 6.45) is 7.37. The van der Waals surface area contributed by atoms with Gasteiger partial charge in [-0.15, -0.1) is 11.8 Å². The van der Waals surface area contributed by atoms with Crippen molar-refractivity contribution in [1.29, 1.82) is 0 Å². The Balaban J connectivity index is 1.57. The summed E-state index contributed by atoms with van der Waals surface area (Å²) in [4.78, 5) is 1.42. The highest BCUT2D eigenvalue weighted by atomic mass is 32.2. The molecule has 2 aliphatic carbocycles. The number of hydrogen-bond donors (Lipinski definition) is 1. The third-order valence-corrected chi connectivity index (χ3v) is 6.26. The molecular weight excluding hydrogens is 250 g/mol. The highest BCUT2D eigenvalue weighted by Crippen LogP contribution is 2.57. The van der Waals surface area contributed by atoms with Crippen LogP contribution in [0.4, 0.5) is 0 Å². The van der Waals surface area contributed by atoms with Crippen molar-refractivity contribution in [3.8, 4) is 0 Å². The molecule has 2 bridgehead atoms. The minimum absolute atomic E-state index is 0.611. The van der Waals surface area contributed by atoms with E-state index in [1.54, 1.807) is 0 Å². The Hall–Kier alpha value is -0.470. The van der Waals surface area contributed by atoms with Crippen LogP contribution in [0, 0.1) is 17.3 Å². The first-order valence-corrected chi connectivity index (χ1v) is 8.63. The van der Waals surface area contributed by atoms with Crippen LogP contribution in [0.2, 0.25) is 0 Å². The van der Waals surface area contributed by atoms with Gasteiger partial charge in [0.25, 0.3) is 0 Å². The van der Waals surface area contributed by atoms with Gasteiger partial charge in [0.15, 0.2) is 0 Å². The zero-order valence-electron chi connectivity index (χ0n) is 11.9. The third kappa shape index (κ3) is 2.85. The molecule has 0 radical (unpaired) electrons. The molecule has 2 fully saturated rings. The fourth-order valence-electron chi connectivity index (χ4n) is 4.41. The largest absolute Gasteiger partial charge is 0.319 e. The fraction of sp³-hybridized carbons (Fsp3) is 0.647. The Labute approximate surface area is 121 Å². The number of nitrogens with one attached hydrogen (secondary N) is 1. The SMILES string of the molecule is CNCC1(CCSc2ccccc2)CC2CCC1C2. The van der Waals surface area contributed by atoms with E-state index < -0.39 is 0 Å². The highest BCUT2D eigenvalue weighted by Gasteiger charge is 2.49. The second-order valence-electron chi connectivity index (χ2n) is 6.38. The average molecular weight is 275 g/mol. The van der Waals surface area contributed by atoms with Gasteiger partial charge in [-0.1, -0.05) is 24.6 Å². The van der Waals surface area contributed by atoms with Crippen LogP contribution in [0.3, 0.4) is 0 Å². The predicted molar refractivity (Wildman–Crippen MR) is 83.6 cm³/mol. The standard InChI is InChI=1S/C17H25NS/c1-18-13-17(12-14-7-8-15(17)11-14)9-10-19-16-5-3-2-4-6-16/h2-6,14-15,18H,7-13H2,1H3. The smallest absolute Gasteiger partial charge is 0.00719 e. The first-order chi connectivity index (χ1) is 9.32. The van der Waals surface area contributed by atoms with Crippen LogP contribution >= 0.6 is 11.8 Å². The summed E-state index contributed by atoms with van der Waals surface area (Å²) in [5.41, 5.74) is 0.611. The third-order valence-electron chi connectivity index (χ3n) is 5.24. The highest BCUT2D eigenvalue weighted by molar-refractivity contribution is 7.99. The molecule has 2 saturated carbocycles. The summed E-state index contributed by atoms with van der Waals surface area (Å²) >= 11 is 2.03. The van der Waals surface area contributed by atoms with Crippen LogP contribution in [0.15, 0.2) is 35.2 Å². The van der Waals surface area contributed by atoms with Crippen molar-refractivity contribution >= 4 is 11.8 Å². The maximum absolute atomic E-state index is 3.47. The second-order valence-corrected chi connectivity index (χ2v) is 7.55. The van der Waals surface area contributed by atoms with Gasteiger partial charge in [-0.25, -0.2) is 0 Å². The summed E-state index contributed by atoms with van der Waals surface area (Å²) < 4.78 is 0. The number of fused-ring (bicyclic) bond motifs is 2. The van der Waals surface area contributed by atoms with Gasteiger partial charge in [-0.2, -0.15) is 0 Å². The van der Waals surface area contributed by atoms with Crippen LogP contribution in [0.5, 0.6) is 0 Å². The summed E-state index contributed by atoms with van der Waals surface area (Å²) in [5, 5.41) is 3.47. The maximum Gasteiger partial charge on any atom is 0.00719 e. The Morgan fingerprint density at radius 2 is 2.11 bits per heavy atom. The summed E-state index contributed by atoms with van der Waals surface area (Å²) in [5.74, 6) is 3.32. The molecule has 1 N–H and O–H groups in total. The molecule has 1 aromatic carbocycles. The summed E-state index contributed by atoms with van der Waals surface area (Å²) in [6.45, 7) is 1.23. The van der Waals surface area contributed by atoms with E-state index in [4.69, 9.17) is 0 Å². The van der Waals surface area contributed by atoms with E-state index in [9.17, 15) is 0 Å². The minimum atomic E-state index is 0.611. The molecule has 19 heavy (non-hydrogen) atoms. The van der Waals surface area contributed by atoms with Gasteiger partial charge in [-0.05, 0) is 67.9 Å². The first kappa shape index (κ1) is 13.5. The lowest BCUT2D eigenvalue weighted by molar-refractivity contribution is 0.155. The second kappa shape index (κ2) is 5.88. The number of benzene rings is 1. The van der Waals surface area contributed by atoms with Crippen molar-refractivity contribution in [2.75, 3.05) is 19.3 Å². The number of rotatable bonds is 6. The topological polar surface area (TPSA) is 12.0 Å². The Morgan fingerprint density at radius 3 is 2.74 bits per heavy atom. The lowest BCUT2D eigenvalue weighted by Crippen LogP contribution is -2.37. The molecule has 2 aliphatic rings. The zero-order chi connectivity index (χ0) is 13.1. The average Bonchev–Trinajstić information content (AvgIpc) is 3.01. The van der Waals surface area contributed by atoms with Crippen molar-refractivity contribution in [2.24, 2.45) is 17.3 Å². The van der Waals surface area contributed by atoms with E-state index in [0.29, 0.717) is 5.41 Å². The molecule has 1 aromatic rings. The fourth-order valence-corrected chi connectivity index (χ4v) is 5.50. The molecule has 3 unspecified atom stereocenters. The van der Waals surface area contributed by atoms with E-state index in [1.807, 2.05) is 11.8 Å². The van der Waals surface area contributed by atoms with Gasteiger partial charge in [0.05, 0.1) is 0 Å². The molecule has 0 aromatic heterocycles. The van der Waals surface area contributed by atoms with Gasteiger partial charge in [0, 0.05) is 11.4 Å². The van der Waals surface area contributed by atoms with E-state index in [1.165, 1.54) is 49.3 Å². The molecule has 1 nitrogen and oxygen atoms in total. The normalized spacial score (nSPS) is 32.9. The van der Waals surface area contributed by atoms with Crippen LogP contribution in [-0.2, 0) is 0 Å². The Bertz CT molecular complexity index is 405. The van der Waals surface area contributed by atoms with E-state index >= 15 is 0 Å². The molecule has 0 saturated heterocycles. The molecule has 0 amide bonds. The minimum Gasteiger partial charge on any atom is -0.319 e. The predicted octanol–water partition coefficient (Wildman–Crippen LogP) is 4.19. The van der Waals surface area contributed by atoms with Gasteiger partial charge in [0.1, 0.15) is 0 Å². The molecule has 2 heteroatoms. The van der Waals surface area contributed by atoms with Gasteiger partial charge >= 0.3 is 0 Å². The van der Waals surface area contributed by atoms with Crippen molar-refractivity contribution < 1.29 is 0 Å². The molecular formula is C17H25NS. The van der Waals surface area contributed by atoms with Gasteiger partial charge < -0.3 is 5.32 Å². The molecule has 104 valence electrons. The van der Waals surface area contributed by atoms with Crippen molar-refractivity contribution in [1.82, 2.24) is 5.32 Å². The van der Waals surface area contributed by atoms with Crippen LogP contribution in [0.25, 0.3) is 0 Å². The maximum atomic E-state index is 3.47. The van der Waals surface area contributed by atoms with E-state index in [2.05, 4.69) is 42.7 Å². The zero-order valence-corrected chi connectivity index (χ0v) is 12.7. The number of hydrogen-bond acceptors (Lipinski definition) is 2.